The molecule has 1 aliphatic heterocycles. The van der Waals surface area contributed by atoms with Crippen LogP contribution in [0, 0.1) is 11.8 Å². The fraction of sp³-hybridized carbons (Fsp3) is 0.760. The lowest BCUT2D eigenvalue weighted by Crippen LogP contribution is -2.55. The minimum absolute atomic E-state index is 0.0223. The van der Waals surface area contributed by atoms with Gasteiger partial charge in [0.1, 0.15) is 23.0 Å². The highest BCUT2D eigenvalue weighted by molar-refractivity contribution is 7.48. The van der Waals surface area contributed by atoms with Crippen LogP contribution in [-0.2, 0) is 36.0 Å². The summed E-state index contributed by atoms with van der Waals surface area (Å²) in [5, 5.41) is 22.5. The van der Waals surface area contributed by atoms with Gasteiger partial charge in [-0.2, -0.15) is 0 Å². The van der Waals surface area contributed by atoms with E-state index in [2.05, 4.69) is 20.5 Å². The summed E-state index contributed by atoms with van der Waals surface area (Å²) in [6, 6.07) is -0.322. The van der Waals surface area contributed by atoms with E-state index in [9.17, 15) is 14.5 Å². The molecular formula is C25H42ClN6O7PS. The van der Waals surface area contributed by atoms with E-state index in [0.717, 1.165) is 0 Å². The molecule has 232 valence electrons. The second-order valence-corrected chi connectivity index (χ2v) is 13.7. The van der Waals surface area contributed by atoms with Gasteiger partial charge in [0, 0.05) is 20.2 Å². The summed E-state index contributed by atoms with van der Waals surface area (Å²) in [4.78, 5) is 20.0. The van der Waals surface area contributed by atoms with Crippen LogP contribution in [0.1, 0.15) is 75.4 Å². The van der Waals surface area contributed by atoms with Crippen LogP contribution in [0.4, 0.5) is 5.13 Å². The minimum atomic E-state index is -3.94. The quantitative estimate of drug-likeness (QED) is 0.267. The van der Waals surface area contributed by atoms with Gasteiger partial charge >= 0.3 is 7.82 Å². The molecule has 0 spiro atoms. The van der Waals surface area contributed by atoms with Crippen LogP contribution in [-0.4, -0.2) is 76.3 Å². The van der Waals surface area contributed by atoms with E-state index in [1.807, 2.05) is 39.5 Å². The highest BCUT2D eigenvalue weighted by atomic mass is 35.5. The van der Waals surface area contributed by atoms with E-state index in [-0.39, 0.29) is 54.9 Å². The first-order chi connectivity index (χ1) is 19.4. The number of aliphatic hydroxyl groups excluding tert-OH is 1. The number of methoxy groups -OCH3 is 1. The van der Waals surface area contributed by atoms with Gasteiger partial charge in [0.25, 0.3) is 5.91 Å². The molecule has 0 aliphatic carbocycles. The fourth-order valence-corrected chi connectivity index (χ4v) is 6.53. The SMILES string of the molecule is CCc1nc(C(=O)N[C@@H]2CCN(c3nnc(C(C)O)s3)C[C@@H]2OC)n(COP(=O)(OCC(C)C)OCC(C)C)c1Cl. The van der Waals surface area contributed by atoms with Crippen LogP contribution >= 0.6 is 30.8 Å². The number of nitrogens with zero attached hydrogens (tertiary/aromatic N) is 5. The topological polar surface area (TPSA) is 150 Å². The van der Waals surface area contributed by atoms with Crippen molar-refractivity contribution in [3.63, 3.8) is 0 Å². The Bertz CT molecular complexity index is 1180. The summed E-state index contributed by atoms with van der Waals surface area (Å²) < 4.78 is 37.2. The molecule has 2 aromatic heterocycles. The number of hydrogen-bond donors (Lipinski definition) is 2. The van der Waals surface area contributed by atoms with Crippen molar-refractivity contribution in [3.8, 4) is 0 Å². The van der Waals surface area contributed by atoms with Crippen LogP contribution < -0.4 is 10.2 Å². The van der Waals surface area contributed by atoms with Crippen LogP contribution in [0.2, 0.25) is 5.15 Å². The van der Waals surface area contributed by atoms with Gasteiger partial charge in [-0.15, -0.1) is 10.2 Å². The van der Waals surface area contributed by atoms with Crippen molar-refractivity contribution >= 4 is 41.8 Å². The smallest absolute Gasteiger partial charge is 0.386 e. The molecule has 1 unspecified atom stereocenters. The van der Waals surface area contributed by atoms with Gasteiger partial charge in [-0.1, -0.05) is 57.6 Å². The number of amides is 1. The van der Waals surface area contributed by atoms with Crippen molar-refractivity contribution in [1.82, 2.24) is 25.1 Å². The van der Waals surface area contributed by atoms with E-state index in [1.54, 1.807) is 14.0 Å². The Morgan fingerprint density at radius 1 is 1.17 bits per heavy atom. The number of carbonyl (C=O) groups excluding carboxylic acids is 1. The number of rotatable bonds is 15. The summed E-state index contributed by atoms with van der Waals surface area (Å²) in [7, 11) is -2.36. The molecule has 0 aromatic carbocycles. The van der Waals surface area contributed by atoms with E-state index >= 15 is 0 Å². The fourth-order valence-electron chi connectivity index (χ4n) is 3.97. The number of piperidine rings is 1. The molecule has 0 saturated carbocycles. The summed E-state index contributed by atoms with van der Waals surface area (Å²) in [6.45, 7) is 12.3. The summed E-state index contributed by atoms with van der Waals surface area (Å²) in [5.41, 5.74) is 0.504. The Hall–Kier alpha value is -1.64. The first-order valence-electron chi connectivity index (χ1n) is 13.8. The van der Waals surface area contributed by atoms with Crippen molar-refractivity contribution in [3.05, 3.63) is 21.7 Å². The first kappa shape index (κ1) is 33.9. The number of ether oxygens (including phenoxy) is 1. The Morgan fingerprint density at radius 2 is 1.83 bits per heavy atom. The number of aromatic nitrogens is 4. The zero-order valence-corrected chi connectivity index (χ0v) is 27.2. The second kappa shape index (κ2) is 15.2. The number of aliphatic hydroxyl groups is 1. The Balaban J connectivity index is 1.74. The zero-order chi connectivity index (χ0) is 30.3. The Morgan fingerprint density at radius 3 is 2.37 bits per heavy atom. The monoisotopic (exact) mass is 636 g/mol. The molecule has 2 N–H and O–H groups in total. The highest BCUT2D eigenvalue weighted by Gasteiger charge is 2.34. The average Bonchev–Trinajstić information content (AvgIpc) is 3.55. The maximum atomic E-state index is 13.5. The largest absolute Gasteiger partial charge is 0.476 e. The summed E-state index contributed by atoms with van der Waals surface area (Å²) >= 11 is 7.90. The Kier molecular flexibility index (Phi) is 12.5. The third-order valence-electron chi connectivity index (χ3n) is 6.22. The predicted octanol–water partition coefficient (Wildman–Crippen LogP) is 4.45. The molecule has 3 atom stereocenters. The lowest BCUT2D eigenvalue weighted by molar-refractivity contribution is 0.0526. The molecule has 2 aromatic rings. The minimum Gasteiger partial charge on any atom is -0.386 e. The lowest BCUT2D eigenvalue weighted by Gasteiger charge is -2.37. The molecular weight excluding hydrogens is 595 g/mol. The summed E-state index contributed by atoms with van der Waals surface area (Å²) in [6.07, 6.45) is 0.0101. The third-order valence-corrected chi connectivity index (χ3v) is 9.16. The van der Waals surface area contributed by atoms with Crippen molar-refractivity contribution in [2.45, 2.75) is 79.4 Å². The molecule has 0 radical (unpaired) electrons. The van der Waals surface area contributed by atoms with Crippen LogP contribution in [0.5, 0.6) is 0 Å². The number of aryl methyl sites for hydroxylation is 1. The molecule has 16 heteroatoms. The summed E-state index contributed by atoms with van der Waals surface area (Å²) in [5.74, 6) is -0.239. The van der Waals surface area contributed by atoms with Crippen LogP contribution in [0.15, 0.2) is 0 Å². The molecule has 1 aliphatic rings. The maximum absolute atomic E-state index is 13.5. The van der Waals surface area contributed by atoms with Crippen LogP contribution in [0.3, 0.4) is 0 Å². The van der Waals surface area contributed by atoms with Crippen LogP contribution in [0.25, 0.3) is 0 Å². The van der Waals surface area contributed by atoms with Gasteiger partial charge in [-0.3, -0.25) is 22.9 Å². The normalized spacial score (nSPS) is 18.9. The molecule has 3 heterocycles. The number of halogens is 1. The number of nitrogens with one attached hydrogen (secondary N) is 1. The number of phosphoric acid groups is 1. The number of phosphoric ester groups is 1. The van der Waals surface area contributed by atoms with Gasteiger partial charge in [0.2, 0.25) is 11.0 Å². The second-order valence-electron chi connectivity index (χ2n) is 10.7. The van der Waals surface area contributed by atoms with Crippen molar-refractivity contribution in [2.24, 2.45) is 11.8 Å². The molecule has 1 saturated heterocycles. The highest BCUT2D eigenvalue weighted by Crippen LogP contribution is 2.50. The van der Waals surface area contributed by atoms with E-state index in [1.165, 1.54) is 15.9 Å². The number of anilines is 1. The van der Waals surface area contributed by atoms with Gasteiger partial charge < -0.3 is 20.1 Å². The van der Waals surface area contributed by atoms with Gasteiger partial charge in [0.15, 0.2) is 0 Å². The Labute approximate surface area is 250 Å². The van der Waals surface area contributed by atoms with Crippen molar-refractivity contribution in [1.29, 1.82) is 0 Å². The van der Waals surface area contributed by atoms with E-state index in [0.29, 0.717) is 41.8 Å². The maximum Gasteiger partial charge on any atom is 0.476 e. The lowest BCUT2D eigenvalue weighted by atomic mass is 10.0. The van der Waals surface area contributed by atoms with E-state index in [4.69, 9.17) is 29.9 Å². The molecule has 1 amide bonds. The van der Waals surface area contributed by atoms with Crippen molar-refractivity contribution < 1.29 is 32.8 Å². The van der Waals surface area contributed by atoms with Gasteiger partial charge in [-0.25, -0.2) is 9.55 Å². The zero-order valence-electron chi connectivity index (χ0n) is 24.7. The van der Waals surface area contributed by atoms with Crippen molar-refractivity contribution in [2.75, 3.05) is 38.3 Å². The van der Waals surface area contributed by atoms with Gasteiger partial charge in [0.05, 0.1) is 31.1 Å². The van der Waals surface area contributed by atoms with E-state index < -0.39 is 19.8 Å². The standard InChI is InChI=1S/C25H42ClN6O7PS/c1-8-18-21(26)32(14-39-40(35,37-12-15(2)3)38-13-16(4)5)22(27-18)23(34)28-19-9-10-31(11-20(19)36-7)25-30-29-24(41-25)17(6)33/h15-17,19-20,33H,8-14H2,1-7H3,(H,28,34)/t17?,19-,20+/m1/s1. The average molecular weight is 637 g/mol. The molecule has 0 bridgehead atoms. The molecule has 41 heavy (non-hydrogen) atoms. The number of hydrogen-bond acceptors (Lipinski definition) is 12. The molecule has 13 nitrogen and oxygen atoms in total. The molecule has 1 fully saturated rings. The number of carbonyl (C=O) groups is 1. The first-order valence-corrected chi connectivity index (χ1v) is 16.4. The number of imidazole rings is 1. The predicted molar refractivity (Wildman–Crippen MR) is 156 cm³/mol. The molecule has 3 rings (SSSR count). The van der Waals surface area contributed by atoms with Gasteiger partial charge in [-0.05, 0) is 31.6 Å². The third kappa shape index (κ3) is 9.17.